The topological polar surface area (TPSA) is 60.2 Å². The molecule has 1 aliphatic heterocycles. The van der Waals surface area contributed by atoms with Gasteiger partial charge in [-0.05, 0) is 43.2 Å². The molecule has 2 heterocycles. The molecule has 4 heteroatoms. The van der Waals surface area contributed by atoms with Crippen molar-refractivity contribution in [2.75, 3.05) is 18.0 Å². The van der Waals surface area contributed by atoms with Gasteiger partial charge in [0.2, 0.25) is 0 Å². The Bertz CT molecular complexity index is 766. The van der Waals surface area contributed by atoms with E-state index >= 15 is 0 Å². The molecule has 0 radical (unpaired) electrons. The lowest BCUT2D eigenvalue weighted by atomic mass is 10.0. The quantitative estimate of drug-likeness (QED) is 0.878. The summed E-state index contributed by atoms with van der Waals surface area (Å²) in [6.07, 6.45) is 1.63. The first-order chi connectivity index (χ1) is 10.7. The van der Waals surface area contributed by atoms with Crippen LogP contribution in [0.1, 0.15) is 24.0 Å². The van der Waals surface area contributed by atoms with Gasteiger partial charge in [0.25, 0.3) is 0 Å². The highest BCUT2D eigenvalue weighted by Crippen LogP contribution is 2.40. The van der Waals surface area contributed by atoms with Crippen LogP contribution in [-0.2, 0) is 0 Å². The molecule has 3 atom stereocenters. The number of rotatable bonds is 1. The molecule has 1 unspecified atom stereocenters. The Morgan fingerprint density at radius 1 is 1.23 bits per heavy atom. The van der Waals surface area contributed by atoms with Crippen molar-refractivity contribution >= 4 is 16.7 Å². The number of aryl methyl sites for hydroxylation is 1. The van der Waals surface area contributed by atoms with Crippen LogP contribution >= 0.6 is 0 Å². The van der Waals surface area contributed by atoms with Crippen LogP contribution < -0.4 is 4.90 Å². The van der Waals surface area contributed by atoms with Crippen molar-refractivity contribution in [3.63, 3.8) is 0 Å². The molecule has 1 aromatic heterocycles. The van der Waals surface area contributed by atoms with Crippen LogP contribution in [0, 0.1) is 30.1 Å². The average Bonchev–Trinajstić information content (AvgIpc) is 3.04. The molecule has 0 spiro atoms. The molecule has 1 N–H and O–H groups in total. The standard InChI is InChI=1S/C18H19N3O/c1-11-15-4-2-3-5-17(15)20-18(16(11)8-19)21-9-12-6-14(22)7-13(12)10-21/h2-5,12-14,22H,6-7,9-10H2,1H3/t12-,13+,14?. The molecule has 4 rings (SSSR count). The highest BCUT2D eigenvalue weighted by molar-refractivity contribution is 5.87. The summed E-state index contributed by atoms with van der Waals surface area (Å²) in [7, 11) is 0. The summed E-state index contributed by atoms with van der Waals surface area (Å²) in [6.45, 7) is 3.81. The second-order valence-electron chi connectivity index (χ2n) is 6.61. The molecule has 2 aromatic rings. The van der Waals surface area contributed by atoms with E-state index in [1.165, 1.54) is 0 Å². The zero-order valence-corrected chi connectivity index (χ0v) is 12.7. The number of nitrogens with zero attached hydrogens (tertiary/aromatic N) is 3. The van der Waals surface area contributed by atoms with Gasteiger partial charge in [0.15, 0.2) is 0 Å². The Morgan fingerprint density at radius 2 is 1.91 bits per heavy atom. The highest BCUT2D eigenvalue weighted by atomic mass is 16.3. The molecule has 4 nitrogen and oxygen atoms in total. The van der Waals surface area contributed by atoms with Gasteiger partial charge in [0, 0.05) is 18.5 Å². The van der Waals surface area contributed by atoms with E-state index in [0.29, 0.717) is 17.4 Å². The summed E-state index contributed by atoms with van der Waals surface area (Å²) in [5.74, 6) is 1.90. The van der Waals surface area contributed by atoms with E-state index in [0.717, 1.165) is 48.2 Å². The third-order valence-electron chi connectivity index (χ3n) is 5.27. The van der Waals surface area contributed by atoms with Crippen LogP contribution in [0.15, 0.2) is 24.3 Å². The number of aliphatic hydroxyl groups is 1. The van der Waals surface area contributed by atoms with E-state index in [-0.39, 0.29) is 6.10 Å². The van der Waals surface area contributed by atoms with Gasteiger partial charge < -0.3 is 10.0 Å². The largest absolute Gasteiger partial charge is 0.393 e. The number of pyridine rings is 1. The Kier molecular flexibility index (Phi) is 3.05. The van der Waals surface area contributed by atoms with Gasteiger partial charge >= 0.3 is 0 Å². The number of benzene rings is 1. The molecule has 2 aliphatic rings. The summed E-state index contributed by atoms with van der Waals surface area (Å²) in [4.78, 5) is 7.03. The predicted molar refractivity (Wildman–Crippen MR) is 85.6 cm³/mol. The van der Waals surface area contributed by atoms with E-state index in [2.05, 4.69) is 11.0 Å². The third-order valence-corrected chi connectivity index (χ3v) is 5.27. The Hall–Kier alpha value is -2.12. The molecule has 1 aromatic carbocycles. The molecule has 2 fully saturated rings. The van der Waals surface area contributed by atoms with Crippen LogP contribution in [0.3, 0.4) is 0 Å². The molecule has 1 saturated carbocycles. The van der Waals surface area contributed by atoms with Crippen LogP contribution in [0.5, 0.6) is 0 Å². The van der Waals surface area contributed by atoms with Crippen LogP contribution in [0.4, 0.5) is 5.82 Å². The van der Waals surface area contributed by atoms with Gasteiger partial charge in [-0.1, -0.05) is 18.2 Å². The van der Waals surface area contributed by atoms with Crippen molar-refractivity contribution in [3.05, 3.63) is 35.4 Å². The molecule has 0 amide bonds. The number of aliphatic hydroxyl groups excluding tert-OH is 1. The molecule has 0 bridgehead atoms. The highest BCUT2D eigenvalue weighted by Gasteiger charge is 2.41. The predicted octanol–water partition coefficient (Wildman–Crippen LogP) is 2.62. The first-order valence-electron chi connectivity index (χ1n) is 7.90. The molecule has 1 aliphatic carbocycles. The molecule has 22 heavy (non-hydrogen) atoms. The first kappa shape index (κ1) is 13.5. The Labute approximate surface area is 130 Å². The number of anilines is 1. The van der Waals surface area contributed by atoms with Crippen molar-refractivity contribution < 1.29 is 5.11 Å². The van der Waals surface area contributed by atoms with Crippen LogP contribution in [0.25, 0.3) is 10.9 Å². The summed E-state index contributed by atoms with van der Waals surface area (Å²) in [5, 5.41) is 20.5. The SMILES string of the molecule is Cc1c(C#N)c(N2C[C@H]3CC(O)C[C@H]3C2)nc2ccccc12. The van der Waals surface area contributed by atoms with Crippen molar-refractivity contribution in [2.24, 2.45) is 11.8 Å². The zero-order chi connectivity index (χ0) is 15.3. The minimum Gasteiger partial charge on any atom is -0.393 e. The number of para-hydroxylation sites is 1. The number of aromatic nitrogens is 1. The van der Waals surface area contributed by atoms with Gasteiger partial charge in [-0.15, -0.1) is 0 Å². The van der Waals surface area contributed by atoms with Crippen molar-refractivity contribution in [1.29, 1.82) is 5.26 Å². The fourth-order valence-electron chi connectivity index (χ4n) is 4.16. The van der Waals surface area contributed by atoms with Crippen molar-refractivity contribution in [3.8, 4) is 6.07 Å². The fourth-order valence-corrected chi connectivity index (χ4v) is 4.16. The fraction of sp³-hybridized carbons (Fsp3) is 0.444. The maximum Gasteiger partial charge on any atom is 0.147 e. The molecular formula is C18H19N3O. The van der Waals surface area contributed by atoms with E-state index in [1.54, 1.807) is 0 Å². The molecule has 112 valence electrons. The number of hydrogen-bond donors (Lipinski definition) is 1. The second-order valence-corrected chi connectivity index (χ2v) is 6.61. The average molecular weight is 293 g/mol. The maximum absolute atomic E-state index is 9.79. The summed E-state index contributed by atoms with van der Waals surface area (Å²) in [6, 6.07) is 10.4. The lowest BCUT2D eigenvalue weighted by Gasteiger charge is -2.22. The second kappa shape index (κ2) is 4.96. The Morgan fingerprint density at radius 3 is 2.59 bits per heavy atom. The number of hydrogen-bond acceptors (Lipinski definition) is 4. The molecular weight excluding hydrogens is 274 g/mol. The summed E-state index contributed by atoms with van der Waals surface area (Å²) < 4.78 is 0. The van der Waals surface area contributed by atoms with Crippen LogP contribution in [-0.4, -0.2) is 29.3 Å². The van der Waals surface area contributed by atoms with E-state index in [1.807, 2.05) is 31.2 Å². The van der Waals surface area contributed by atoms with Gasteiger partial charge in [0.05, 0.1) is 17.2 Å². The maximum atomic E-state index is 9.79. The van der Waals surface area contributed by atoms with Gasteiger partial charge in [-0.3, -0.25) is 0 Å². The van der Waals surface area contributed by atoms with Crippen LogP contribution in [0.2, 0.25) is 0 Å². The van der Waals surface area contributed by atoms with Gasteiger partial charge in [-0.25, -0.2) is 4.98 Å². The van der Waals surface area contributed by atoms with Gasteiger partial charge in [-0.2, -0.15) is 5.26 Å². The van der Waals surface area contributed by atoms with E-state index in [4.69, 9.17) is 4.98 Å². The number of nitriles is 1. The smallest absolute Gasteiger partial charge is 0.147 e. The third kappa shape index (κ3) is 1.97. The van der Waals surface area contributed by atoms with Gasteiger partial charge in [0.1, 0.15) is 11.9 Å². The van der Waals surface area contributed by atoms with E-state index < -0.39 is 0 Å². The number of fused-ring (bicyclic) bond motifs is 2. The lowest BCUT2D eigenvalue weighted by Crippen LogP contribution is -2.24. The van der Waals surface area contributed by atoms with E-state index in [9.17, 15) is 10.4 Å². The lowest BCUT2D eigenvalue weighted by molar-refractivity contribution is 0.174. The normalized spacial score (nSPS) is 27.1. The summed E-state index contributed by atoms with van der Waals surface area (Å²) in [5.41, 5.74) is 2.66. The minimum atomic E-state index is -0.140. The Balaban J connectivity index is 1.78. The molecule has 1 saturated heterocycles. The minimum absolute atomic E-state index is 0.140. The van der Waals surface area contributed by atoms with Crippen molar-refractivity contribution in [2.45, 2.75) is 25.9 Å². The monoisotopic (exact) mass is 293 g/mol. The summed E-state index contributed by atoms with van der Waals surface area (Å²) >= 11 is 0. The first-order valence-corrected chi connectivity index (χ1v) is 7.90. The zero-order valence-electron chi connectivity index (χ0n) is 12.7. The van der Waals surface area contributed by atoms with Crippen molar-refractivity contribution in [1.82, 2.24) is 4.98 Å².